The molecule has 2 heterocycles. The molecule has 4 aromatic rings. The molecule has 1 N–H and O–H groups in total. The van der Waals surface area contributed by atoms with Gasteiger partial charge in [0.25, 0.3) is 0 Å². The van der Waals surface area contributed by atoms with Crippen molar-refractivity contribution >= 4 is 33.3 Å². The molecule has 0 unspecified atom stereocenters. The van der Waals surface area contributed by atoms with Gasteiger partial charge in [0.05, 0.1) is 32.3 Å². The Labute approximate surface area is 208 Å². The van der Waals surface area contributed by atoms with Crippen LogP contribution in [0.4, 0.5) is 5.82 Å². The topological polar surface area (TPSA) is 82.6 Å². The second kappa shape index (κ2) is 9.92. The van der Waals surface area contributed by atoms with E-state index in [0.717, 1.165) is 40.0 Å². The van der Waals surface area contributed by atoms with Crippen molar-refractivity contribution in [3.05, 3.63) is 64.0 Å². The monoisotopic (exact) mass is 489 g/mol. The molecule has 0 spiro atoms. The van der Waals surface area contributed by atoms with Crippen LogP contribution in [0.5, 0.6) is 11.5 Å². The zero-order valence-electron chi connectivity index (χ0n) is 20.0. The van der Waals surface area contributed by atoms with E-state index in [9.17, 15) is 4.79 Å². The Morgan fingerprint density at radius 1 is 0.971 bits per heavy atom. The SMILES string of the molecule is COC(=O)c1ccc(-c2nc(NCc3ccc(OC)c(OC)c3)c3c4c(sc3n2)CCCC4)cc1. The third kappa shape index (κ3) is 4.53. The summed E-state index contributed by atoms with van der Waals surface area (Å²) in [5.41, 5.74) is 3.77. The maximum atomic E-state index is 11.8. The van der Waals surface area contributed by atoms with Crippen molar-refractivity contribution in [1.82, 2.24) is 9.97 Å². The lowest BCUT2D eigenvalue weighted by atomic mass is 9.97. The van der Waals surface area contributed by atoms with Gasteiger partial charge in [0.2, 0.25) is 0 Å². The van der Waals surface area contributed by atoms with Gasteiger partial charge in [-0.25, -0.2) is 14.8 Å². The van der Waals surface area contributed by atoms with E-state index in [1.54, 1.807) is 37.7 Å². The molecule has 0 bridgehead atoms. The third-order valence-corrected chi connectivity index (χ3v) is 7.47. The zero-order chi connectivity index (χ0) is 24.4. The van der Waals surface area contributed by atoms with Crippen LogP contribution < -0.4 is 14.8 Å². The molecule has 5 rings (SSSR count). The van der Waals surface area contributed by atoms with Crippen molar-refractivity contribution in [2.75, 3.05) is 26.6 Å². The molecule has 0 fully saturated rings. The number of thiophene rings is 1. The smallest absolute Gasteiger partial charge is 0.337 e. The number of ether oxygens (including phenoxy) is 3. The van der Waals surface area contributed by atoms with E-state index in [2.05, 4.69) is 5.32 Å². The average molecular weight is 490 g/mol. The standard InChI is InChI=1S/C27H27N3O4S/c1-32-20-13-8-16(14-21(20)33-2)15-28-25-23-19-6-4-5-7-22(19)35-26(23)30-24(29-25)17-9-11-18(12-10-17)27(31)34-3/h8-14H,4-7,15H2,1-3H3,(H,28,29,30). The fourth-order valence-corrected chi connectivity index (χ4v) is 5.73. The van der Waals surface area contributed by atoms with Crippen LogP contribution in [-0.2, 0) is 24.1 Å². The molecule has 0 aliphatic heterocycles. The van der Waals surface area contributed by atoms with Crippen LogP contribution in [0.1, 0.15) is 39.2 Å². The van der Waals surface area contributed by atoms with Gasteiger partial charge in [-0.3, -0.25) is 0 Å². The third-order valence-electron chi connectivity index (χ3n) is 6.29. The molecule has 0 saturated carbocycles. The maximum absolute atomic E-state index is 11.8. The first-order valence-corrected chi connectivity index (χ1v) is 12.4. The Morgan fingerprint density at radius 2 is 1.74 bits per heavy atom. The number of carbonyl (C=O) groups is 1. The molecule has 2 aromatic heterocycles. The second-order valence-electron chi connectivity index (χ2n) is 8.40. The number of aryl methyl sites for hydroxylation is 2. The predicted octanol–water partition coefficient (Wildman–Crippen LogP) is 5.65. The lowest BCUT2D eigenvalue weighted by Crippen LogP contribution is -2.06. The van der Waals surface area contributed by atoms with E-state index >= 15 is 0 Å². The molecule has 35 heavy (non-hydrogen) atoms. The number of methoxy groups -OCH3 is 3. The Bertz CT molecular complexity index is 1380. The van der Waals surface area contributed by atoms with Gasteiger partial charge >= 0.3 is 5.97 Å². The number of anilines is 1. The highest BCUT2D eigenvalue weighted by Gasteiger charge is 2.22. The molecule has 0 amide bonds. The van der Waals surface area contributed by atoms with Gasteiger partial charge in [0.1, 0.15) is 10.6 Å². The van der Waals surface area contributed by atoms with E-state index in [0.29, 0.717) is 29.4 Å². The van der Waals surface area contributed by atoms with Crippen LogP contribution in [0.2, 0.25) is 0 Å². The summed E-state index contributed by atoms with van der Waals surface area (Å²) in [7, 11) is 4.65. The molecule has 1 aliphatic rings. The molecule has 1 aliphatic carbocycles. The molecule has 180 valence electrons. The van der Waals surface area contributed by atoms with E-state index in [4.69, 9.17) is 24.2 Å². The van der Waals surface area contributed by atoms with Gasteiger partial charge in [-0.05, 0) is 61.1 Å². The summed E-state index contributed by atoms with van der Waals surface area (Å²) < 4.78 is 15.6. The highest BCUT2D eigenvalue weighted by Crippen LogP contribution is 2.40. The van der Waals surface area contributed by atoms with Crippen LogP contribution in [0.25, 0.3) is 21.6 Å². The van der Waals surface area contributed by atoms with E-state index < -0.39 is 0 Å². The fraction of sp³-hybridized carbons (Fsp3) is 0.296. The molecule has 2 aromatic carbocycles. The Kier molecular flexibility index (Phi) is 6.55. The number of nitrogens with one attached hydrogen (secondary N) is 1. The summed E-state index contributed by atoms with van der Waals surface area (Å²) in [6.45, 7) is 0.581. The summed E-state index contributed by atoms with van der Waals surface area (Å²) >= 11 is 1.77. The minimum Gasteiger partial charge on any atom is -0.493 e. The fourth-order valence-electron chi connectivity index (χ4n) is 4.46. The summed E-state index contributed by atoms with van der Waals surface area (Å²) in [6, 6.07) is 13.1. The first-order chi connectivity index (χ1) is 17.1. The molecule has 0 atom stereocenters. The van der Waals surface area contributed by atoms with Gasteiger partial charge in [-0.15, -0.1) is 11.3 Å². The Hall–Kier alpha value is -3.65. The number of fused-ring (bicyclic) bond motifs is 3. The highest BCUT2D eigenvalue weighted by atomic mass is 32.1. The van der Waals surface area contributed by atoms with E-state index in [1.165, 1.54) is 30.4 Å². The molecular weight excluding hydrogens is 462 g/mol. The number of aromatic nitrogens is 2. The maximum Gasteiger partial charge on any atom is 0.337 e. The van der Waals surface area contributed by atoms with Crippen molar-refractivity contribution in [3.8, 4) is 22.9 Å². The molecule has 0 radical (unpaired) electrons. The molecular formula is C27H27N3O4S. The minimum atomic E-state index is -0.365. The zero-order valence-corrected chi connectivity index (χ0v) is 20.8. The van der Waals surface area contributed by atoms with Crippen molar-refractivity contribution in [2.45, 2.75) is 32.2 Å². The van der Waals surface area contributed by atoms with Crippen molar-refractivity contribution in [2.24, 2.45) is 0 Å². The average Bonchev–Trinajstić information content (AvgIpc) is 3.29. The number of esters is 1. The summed E-state index contributed by atoms with van der Waals surface area (Å²) in [5.74, 6) is 2.49. The molecule has 0 saturated heterocycles. The Balaban J connectivity index is 1.53. The van der Waals surface area contributed by atoms with Gasteiger partial charge in [0, 0.05) is 17.0 Å². The number of nitrogens with zero attached hydrogens (tertiary/aromatic N) is 2. The highest BCUT2D eigenvalue weighted by molar-refractivity contribution is 7.19. The molecule has 7 nitrogen and oxygen atoms in total. The van der Waals surface area contributed by atoms with Crippen LogP contribution in [0.15, 0.2) is 42.5 Å². The number of carbonyl (C=O) groups excluding carboxylic acids is 1. The first kappa shape index (κ1) is 23.1. The number of hydrogen-bond donors (Lipinski definition) is 1. The van der Waals surface area contributed by atoms with Crippen molar-refractivity contribution < 1.29 is 19.0 Å². The summed E-state index contributed by atoms with van der Waals surface area (Å²) in [4.78, 5) is 24.1. The lowest BCUT2D eigenvalue weighted by Gasteiger charge is -2.14. The van der Waals surface area contributed by atoms with Crippen LogP contribution >= 0.6 is 11.3 Å². The minimum absolute atomic E-state index is 0.365. The van der Waals surface area contributed by atoms with Gasteiger partial charge in [-0.1, -0.05) is 18.2 Å². The van der Waals surface area contributed by atoms with Crippen LogP contribution in [-0.4, -0.2) is 37.3 Å². The number of benzene rings is 2. The molecule has 8 heteroatoms. The quantitative estimate of drug-likeness (QED) is 0.336. The van der Waals surface area contributed by atoms with Gasteiger partial charge in [-0.2, -0.15) is 0 Å². The Morgan fingerprint density at radius 3 is 2.49 bits per heavy atom. The summed E-state index contributed by atoms with van der Waals surface area (Å²) in [6.07, 6.45) is 4.54. The first-order valence-electron chi connectivity index (χ1n) is 11.6. The lowest BCUT2D eigenvalue weighted by molar-refractivity contribution is 0.0600. The second-order valence-corrected chi connectivity index (χ2v) is 9.48. The van der Waals surface area contributed by atoms with Crippen LogP contribution in [0.3, 0.4) is 0 Å². The van der Waals surface area contributed by atoms with Crippen molar-refractivity contribution in [3.63, 3.8) is 0 Å². The predicted molar refractivity (Wildman–Crippen MR) is 138 cm³/mol. The normalized spacial score (nSPS) is 12.8. The largest absolute Gasteiger partial charge is 0.493 e. The van der Waals surface area contributed by atoms with Gasteiger partial charge in [0.15, 0.2) is 17.3 Å². The number of hydrogen-bond acceptors (Lipinski definition) is 8. The van der Waals surface area contributed by atoms with E-state index in [1.807, 2.05) is 30.3 Å². The number of rotatable bonds is 7. The van der Waals surface area contributed by atoms with Crippen molar-refractivity contribution in [1.29, 1.82) is 0 Å². The van der Waals surface area contributed by atoms with Crippen LogP contribution in [0, 0.1) is 0 Å². The summed E-state index contributed by atoms with van der Waals surface area (Å²) in [5, 5.41) is 4.69. The van der Waals surface area contributed by atoms with Gasteiger partial charge < -0.3 is 19.5 Å². The van der Waals surface area contributed by atoms with E-state index in [-0.39, 0.29) is 5.97 Å².